The van der Waals surface area contributed by atoms with Crippen LogP contribution in [0.1, 0.15) is 12.2 Å². The Labute approximate surface area is 139 Å². The molecule has 2 amide bonds. The van der Waals surface area contributed by atoms with Gasteiger partial charge in [-0.3, -0.25) is 4.40 Å². The van der Waals surface area contributed by atoms with Crippen molar-refractivity contribution in [3.63, 3.8) is 0 Å². The van der Waals surface area contributed by atoms with Crippen LogP contribution >= 0.6 is 0 Å². The number of aromatic nitrogens is 3. The average molecular weight is 353 g/mol. The van der Waals surface area contributed by atoms with Gasteiger partial charge in [0.05, 0.1) is 24.7 Å². The van der Waals surface area contributed by atoms with E-state index in [4.69, 9.17) is 0 Å². The maximum atomic E-state index is 12.4. The van der Waals surface area contributed by atoms with Crippen molar-refractivity contribution in [3.8, 4) is 0 Å². The van der Waals surface area contributed by atoms with Crippen LogP contribution in [0.25, 0.3) is 5.65 Å². The van der Waals surface area contributed by atoms with Crippen LogP contribution in [0, 0.1) is 0 Å². The molecule has 130 valence electrons. The van der Waals surface area contributed by atoms with E-state index < -0.39 is 21.9 Å². The minimum Gasteiger partial charge on any atom is -0.395 e. The van der Waals surface area contributed by atoms with Gasteiger partial charge in [-0.05, 0) is 18.6 Å². The highest BCUT2D eigenvalue weighted by Gasteiger charge is 2.34. The number of sulfone groups is 1. The maximum absolute atomic E-state index is 12.4. The van der Waals surface area contributed by atoms with Gasteiger partial charge in [-0.25, -0.2) is 13.2 Å². The Hall–Kier alpha value is -2.20. The number of carbonyl (C=O) groups is 1. The van der Waals surface area contributed by atoms with E-state index in [1.165, 1.54) is 4.90 Å². The quantitative estimate of drug-likeness (QED) is 0.743. The third-order valence-electron chi connectivity index (χ3n) is 4.03. The summed E-state index contributed by atoms with van der Waals surface area (Å²) in [7, 11) is -3.11. The Bertz CT molecular complexity index is 835. The molecule has 24 heavy (non-hydrogen) atoms. The molecule has 0 saturated carbocycles. The Balaban J connectivity index is 1.67. The van der Waals surface area contributed by atoms with Crippen LogP contribution in [-0.2, 0) is 16.4 Å². The Morgan fingerprint density at radius 1 is 1.42 bits per heavy atom. The number of amides is 2. The van der Waals surface area contributed by atoms with Crippen LogP contribution < -0.4 is 5.32 Å². The first-order valence-electron chi connectivity index (χ1n) is 7.64. The van der Waals surface area contributed by atoms with Gasteiger partial charge in [0.15, 0.2) is 21.3 Å². The lowest BCUT2D eigenvalue weighted by Gasteiger charge is -2.27. The number of nitrogens with zero attached hydrogens (tertiary/aromatic N) is 4. The lowest BCUT2D eigenvalue weighted by atomic mass is 10.2. The third-order valence-corrected chi connectivity index (χ3v) is 5.78. The molecule has 2 aromatic rings. The van der Waals surface area contributed by atoms with Crippen molar-refractivity contribution in [2.75, 3.05) is 24.7 Å². The molecular weight excluding hydrogens is 334 g/mol. The summed E-state index contributed by atoms with van der Waals surface area (Å²) in [5.41, 5.74) is 0.677. The van der Waals surface area contributed by atoms with Crippen LogP contribution in [0.4, 0.5) is 4.79 Å². The number of rotatable bonds is 5. The van der Waals surface area contributed by atoms with E-state index in [1.54, 1.807) is 16.7 Å². The van der Waals surface area contributed by atoms with Crippen LogP contribution in [0.15, 0.2) is 24.4 Å². The second-order valence-electron chi connectivity index (χ2n) is 5.68. The summed E-state index contributed by atoms with van der Waals surface area (Å²) in [6, 6.07) is 4.66. The summed E-state index contributed by atoms with van der Waals surface area (Å²) < 4.78 is 25.0. The normalized spacial score (nSPS) is 19.5. The highest BCUT2D eigenvalue weighted by Crippen LogP contribution is 2.17. The van der Waals surface area contributed by atoms with Crippen molar-refractivity contribution in [1.29, 1.82) is 0 Å². The summed E-state index contributed by atoms with van der Waals surface area (Å²) in [4.78, 5) is 13.8. The van der Waals surface area contributed by atoms with Gasteiger partial charge >= 0.3 is 6.03 Å². The molecule has 1 fully saturated rings. The van der Waals surface area contributed by atoms with E-state index in [-0.39, 0.29) is 31.2 Å². The number of urea groups is 1. The SMILES string of the molecule is O=C(NCc1nnc2ccccn12)N(CCO)[C@@H]1CCS(=O)(=O)C1. The number of pyridine rings is 1. The van der Waals surface area contributed by atoms with Crippen molar-refractivity contribution in [2.24, 2.45) is 0 Å². The van der Waals surface area contributed by atoms with E-state index in [9.17, 15) is 18.3 Å². The van der Waals surface area contributed by atoms with E-state index in [1.807, 2.05) is 12.1 Å². The van der Waals surface area contributed by atoms with Gasteiger partial charge in [0.25, 0.3) is 0 Å². The van der Waals surface area contributed by atoms with Crippen molar-refractivity contribution >= 4 is 21.5 Å². The first-order chi connectivity index (χ1) is 11.5. The molecule has 0 radical (unpaired) electrons. The molecule has 0 aliphatic carbocycles. The summed E-state index contributed by atoms with van der Waals surface area (Å²) in [5, 5.41) is 19.9. The molecule has 1 saturated heterocycles. The van der Waals surface area contributed by atoms with E-state index in [0.717, 1.165) is 0 Å². The molecule has 3 heterocycles. The van der Waals surface area contributed by atoms with Gasteiger partial charge in [0, 0.05) is 18.8 Å². The first kappa shape index (κ1) is 16.7. The number of nitrogens with one attached hydrogen (secondary N) is 1. The molecule has 1 aliphatic rings. The van der Waals surface area contributed by atoms with E-state index in [2.05, 4.69) is 15.5 Å². The fourth-order valence-corrected chi connectivity index (χ4v) is 4.58. The van der Waals surface area contributed by atoms with Gasteiger partial charge < -0.3 is 15.3 Å². The predicted molar refractivity (Wildman–Crippen MR) is 86.1 cm³/mol. The predicted octanol–water partition coefficient (Wildman–Crippen LogP) is -0.580. The van der Waals surface area contributed by atoms with Crippen LogP contribution in [-0.4, -0.2) is 69.8 Å². The Morgan fingerprint density at radius 3 is 2.96 bits per heavy atom. The summed E-state index contributed by atoms with van der Waals surface area (Å²) >= 11 is 0. The van der Waals surface area contributed by atoms with Gasteiger partial charge in [-0.1, -0.05) is 6.07 Å². The lowest BCUT2D eigenvalue weighted by Crippen LogP contribution is -2.48. The number of carbonyl (C=O) groups excluding carboxylic acids is 1. The van der Waals surface area contributed by atoms with Gasteiger partial charge in [-0.2, -0.15) is 0 Å². The zero-order chi connectivity index (χ0) is 17.2. The van der Waals surface area contributed by atoms with Crippen LogP contribution in [0.5, 0.6) is 0 Å². The molecule has 3 rings (SSSR count). The molecular formula is C14H19N5O4S. The standard InChI is InChI=1S/C14H19N5O4S/c20-7-6-18(11-4-8-24(22,23)10-11)14(21)15-9-13-17-16-12-3-1-2-5-19(12)13/h1-3,5,11,20H,4,6-10H2,(H,15,21)/t11-/m1/s1. The molecule has 9 nitrogen and oxygen atoms in total. The number of hydrogen-bond donors (Lipinski definition) is 2. The third kappa shape index (κ3) is 3.49. The Morgan fingerprint density at radius 2 is 2.25 bits per heavy atom. The largest absolute Gasteiger partial charge is 0.395 e. The first-order valence-corrected chi connectivity index (χ1v) is 9.47. The lowest BCUT2D eigenvalue weighted by molar-refractivity contribution is 0.157. The smallest absolute Gasteiger partial charge is 0.318 e. The number of aliphatic hydroxyl groups is 1. The highest BCUT2D eigenvalue weighted by atomic mass is 32.2. The summed E-state index contributed by atoms with van der Waals surface area (Å²) in [6.07, 6.45) is 2.19. The van der Waals surface area contributed by atoms with Crippen molar-refractivity contribution in [1.82, 2.24) is 24.8 Å². The van der Waals surface area contributed by atoms with Gasteiger partial charge in [0.1, 0.15) is 0 Å². The van der Waals surface area contributed by atoms with Gasteiger partial charge in [0.2, 0.25) is 0 Å². The molecule has 2 aromatic heterocycles. The van der Waals surface area contributed by atoms with Crippen molar-refractivity contribution in [3.05, 3.63) is 30.2 Å². The highest BCUT2D eigenvalue weighted by molar-refractivity contribution is 7.91. The fourth-order valence-electron chi connectivity index (χ4n) is 2.85. The second kappa shape index (κ2) is 6.73. The fraction of sp³-hybridized carbons (Fsp3) is 0.500. The molecule has 2 N–H and O–H groups in total. The molecule has 1 aliphatic heterocycles. The van der Waals surface area contributed by atoms with E-state index in [0.29, 0.717) is 17.9 Å². The molecule has 0 bridgehead atoms. The number of hydrogen-bond acceptors (Lipinski definition) is 6. The zero-order valence-electron chi connectivity index (χ0n) is 13.0. The number of fused-ring (bicyclic) bond motifs is 1. The maximum Gasteiger partial charge on any atom is 0.318 e. The molecule has 1 atom stereocenters. The Kier molecular flexibility index (Phi) is 4.67. The summed E-state index contributed by atoms with van der Waals surface area (Å²) in [6.45, 7) is 0.0237. The van der Waals surface area contributed by atoms with Gasteiger partial charge in [-0.15, -0.1) is 10.2 Å². The van der Waals surface area contributed by atoms with Crippen LogP contribution in [0.3, 0.4) is 0 Å². The number of aliphatic hydroxyl groups excluding tert-OH is 1. The van der Waals surface area contributed by atoms with Crippen molar-refractivity contribution < 1.29 is 18.3 Å². The second-order valence-corrected chi connectivity index (χ2v) is 7.91. The molecule has 0 spiro atoms. The topological polar surface area (TPSA) is 117 Å². The molecule has 10 heteroatoms. The van der Waals surface area contributed by atoms with Crippen molar-refractivity contribution in [2.45, 2.75) is 19.0 Å². The minimum atomic E-state index is -3.11. The van der Waals surface area contributed by atoms with Crippen LogP contribution in [0.2, 0.25) is 0 Å². The van der Waals surface area contributed by atoms with E-state index >= 15 is 0 Å². The average Bonchev–Trinajstić information content (AvgIpc) is 3.13. The monoisotopic (exact) mass is 353 g/mol. The minimum absolute atomic E-state index is 0.0612. The molecule has 0 aromatic carbocycles. The summed E-state index contributed by atoms with van der Waals surface area (Å²) in [5.74, 6) is 0.581. The zero-order valence-corrected chi connectivity index (χ0v) is 13.8. The molecule has 0 unspecified atom stereocenters.